The lowest BCUT2D eigenvalue weighted by molar-refractivity contribution is -0.137. The first-order valence-electron chi connectivity index (χ1n) is 5.31. The molecule has 0 saturated heterocycles. The van der Waals surface area contributed by atoms with Crippen molar-refractivity contribution >= 4 is 11.5 Å². The molecule has 6 heteroatoms. The number of nitrogens with zero attached hydrogens (tertiary/aromatic N) is 3. The predicted octanol–water partition coefficient (Wildman–Crippen LogP) is 3.08. The van der Waals surface area contributed by atoms with E-state index in [1.165, 1.54) is 30.3 Å². The lowest BCUT2D eigenvalue weighted by Gasteiger charge is -2.04. The first-order chi connectivity index (χ1) is 8.67. The van der Waals surface area contributed by atoms with Gasteiger partial charge < -0.3 is 4.74 Å². The fraction of sp³-hybridized carbons (Fsp3) is 0.250. The minimum absolute atomic E-state index is 0.000939. The molecule has 18 heavy (non-hydrogen) atoms. The molecule has 0 unspecified atom stereocenters. The number of halogens is 1. The highest BCUT2D eigenvalue weighted by Gasteiger charge is 2.05. The molecule has 0 radical (unpaired) electrons. The van der Waals surface area contributed by atoms with E-state index in [1.807, 2.05) is 0 Å². The van der Waals surface area contributed by atoms with Crippen LogP contribution < -0.4 is 0 Å². The Labute approximate surface area is 104 Å². The highest BCUT2D eigenvalue weighted by Crippen LogP contribution is 2.16. The van der Waals surface area contributed by atoms with Gasteiger partial charge in [-0.2, -0.15) is 0 Å². The quantitative estimate of drug-likeness (QED) is 0.264. The summed E-state index contributed by atoms with van der Waals surface area (Å²) in [5.74, 6) is -0.900. The molecule has 0 aliphatic rings. The zero-order valence-electron chi connectivity index (χ0n) is 9.84. The van der Waals surface area contributed by atoms with Crippen molar-refractivity contribution in [3.05, 3.63) is 52.2 Å². The molecule has 0 saturated carbocycles. The van der Waals surface area contributed by atoms with Gasteiger partial charge in [-0.15, -0.1) is 0 Å². The monoisotopic (exact) mass is 249 g/mol. The Morgan fingerprint density at radius 1 is 1.50 bits per heavy atom. The van der Waals surface area contributed by atoms with Crippen molar-refractivity contribution in [2.45, 2.75) is 6.92 Å². The minimum Gasteiger partial charge on any atom is -0.463 e. The molecular formula is C12H12FN3O2. The van der Waals surface area contributed by atoms with E-state index < -0.39 is 5.97 Å². The third-order valence-corrected chi connectivity index (χ3v) is 2.10. The molecule has 1 rings (SSSR count). The third-order valence-electron chi connectivity index (χ3n) is 2.10. The number of rotatable bonds is 5. The van der Waals surface area contributed by atoms with Crippen LogP contribution in [0.4, 0.5) is 4.39 Å². The van der Waals surface area contributed by atoms with E-state index in [-0.39, 0.29) is 19.0 Å². The van der Waals surface area contributed by atoms with Gasteiger partial charge in [0, 0.05) is 11.0 Å². The molecule has 0 aliphatic heterocycles. The molecule has 0 heterocycles. The molecule has 0 atom stereocenters. The Bertz CT molecular complexity index is 491. The molecule has 0 bridgehead atoms. The van der Waals surface area contributed by atoms with E-state index in [9.17, 15) is 9.18 Å². The number of carbonyl (C=O) groups is 1. The van der Waals surface area contributed by atoms with Crippen LogP contribution in [0.25, 0.3) is 16.0 Å². The summed E-state index contributed by atoms with van der Waals surface area (Å²) in [7, 11) is 0. The number of azide groups is 1. The van der Waals surface area contributed by atoms with Crippen LogP contribution in [0.5, 0.6) is 0 Å². The normalized spacial score (nSPS) is 10.7. The minimum atomic E-state index is -0.523. The Balaban J connectivity index is 3.00. The third kappa shape index (κ3) is 4.27. The van der Waals surface area contributed by atoms with Gasteiger partial charge in [-0.1, -0.05) is 17.2 Å². The SMILES string of the molecule is CCOC(=O)/C=C(\CN=[N+]=[N-])c1ccc(F)cc1. The second kappa shape index (κ2) is 7.09. The largest absolute Gasteiger partial charge is 0.463 e. The Hall–Kier alpha value is -2.33. The highest BCUT2D eigenvalue weighted by atomic mass is 19.1. The number of hydrogen-bond acceptors (Lipinski definition) is 3. The number of esters is 1. The zero-order valence-corrected chi connectivity index (χ0v) is 9.84. The molecular weight excluding hydrogens is 237 g/mol. The van der Waals surface area contributed by atoms with Crippen LogP contribution in [0.1, 0.15) is 12.5 Å². The standard InChI is InChI=1S/C12H12FN3O2/c1-2-18-12(17)7-10(8-15-16-14)9-3-5-11(13)6-4-9/h3-7H,2,8H2,1H3/b10-7+. The Morgan fingerprint density at radius 2 is 2.17 bits per heavy atom. The summed E-state index contributed by atoms with van der Waals surface area (Å²) in [6.45, 7) is 1.95. The summed E-state index contributed by atoms with van der Waals surface area (Å²) in [4.78, 5) is 14.0. The summed E-state index contributed by atoms with van der Waals surface area (Å²) in [6.07, 6.45) is 1.24. The predicted molar refractivity (Wildman–Crippen MR) is 65.0 cm³/mol. The van der Waals surface area contributed by atoms with Gasteiger partial charge in [-0.25, -0.2) is 9.18 Å². The van der Waals surface area contributed by atoms with Gasteiger partial charge in [0.05, 0.1) is 13.2 Å². The van der Waals surface area contributed by atoms with Crippen LogP contribution in [0.2, 0.25) is 0 Å². The summed E-state index contributed by atoms with van der Waals surface area (Å²) in [6, 6.07) is 5.55. The van der Waals surface area contributed by atoms with Gasteiger partial charge >= 0.3 is 5.97 Å². The molecule has 94 valence electrons. The van der Waals surface area contributed by atoms with Crippen LogP contribution >= 0.6 is 0 Å². The molecule has 0 aliphatic carbocycles. The van der Waals surface area contributed by atoms with Crippen molar-refractivity contribution in [1.29, 1.82) is 0 Å². The van der Waals surface area contributed by atoms with Gasteiger partial charge in [0.2, 0.25) is 0 Å². The summed E-state index contributed by atoms with van der Waals surface area (Å²) in [5.41, 5.74) is 9.38. The van der Waals surface area contributed by atoms with E-state index in [1.54, 1.807) is 6.92 Å². The second-order valence-electron chi connectivity index (χ2n) is 3.32. The van der Waals surface area contributed by atoms with Crippen LogP contribution in [0.15, 0.2) is 35.5 Å². The van der Waals surface area contributed by atoms with Crippen LogP contribution in [0.3, 0.4) is 0 Å². The van der Waals surface area contributed by atoms with Crippen LogP contribution in [-0.4, -0.2) is 19.1 Å². The van der Waals surface area contributed by atoms with Gasteiger partial charge in [-0.05, 0) is 35.7 Å². The van der Waals surface area contributed by atoms with Crippen molar-refractivity contribution < 1.29 is 13.9 Å². The molecule has 0 N–H and O–H groups in total. The molecule has 0 spiro atoms. The number of hydrogen-bond donors (Lipinski definition) is 0. The van der Waals surface area contributed by atoms with Crippen molar-refractivity contribution in [2.24, 2.45) is 5.11 Å². The number of benzene rings is 1. The zero-order chi connectivity index (χ0) is 13.4. The van der Waals surface area contributed by atoms with Crippen LogP contribution in [-0.2, 0) is 9.53 Å². The van der Waals surface area contributed by atoms with Gasteiger partial charge in [0.1, 0.15) is 5.82 Å². The van der Waals surface area contributed by atoms with Gasteiger partial charge in [0.15, 0.2) is 0 Å². The summed E-state index contributed by atoms with van der Waals surface area (Å²) in [5, 5.41) is 3.39. The first kappa shape index (κ1) is 13.7. The highest BCUT2D eigenvalue weighted by molar-refractivity contribution is 5.91. The number of ether oxygens (including phenoxy) is 1. The molecule has 0 amide bonds. The second-order valence-corrected chi connectivity index (χ2v) is 3.32. The smallest absolute Gasteiger partial charge is 0.331 e. The van der Waals surface area contributed by atoms with Gasteiger partial charge in [-0.3, -0.25) is 0 Å². The van der Waals surface area contributed by atoms with Crippen molar-refractivity contribution in [3.8, 4) is 0 Å². The molecule has 1 aromatic carbocycles. The van der Waals surface area contributed by atoms with E-state index in [4.69, 9.17) is 10.3 Å². The summed E-state index contributed by atoms with van der Waals surface area (Å²) < 4.78 is 17.6. The topological polar surface area (TPSA) is 75.1 Å². The van der Waals surface area contributed by atoms with E-state index >= 15 is 0 Å². The maximum Gasteiger partial charge on any atom is 0.331 e. The maximum absolute atomic E-state index is 12.8. The Kier molecular flexibility index (Phi) is 5.41. The lowest BCUT2D eigenvalue weighted by atomic mass is 10.1. The van der Waals surface area contributed by atoms with Gasteiger partial charge in [0.25, 0.3) is 0 Å². The lowest BCUT2D eigenvalue weighted by Crippen LogP contribution is -2.02. The molecule has 5 nitrogen and oxygen atoms in total. The average molecular weight is 249 g/mol. The molecule has 0 aromatic heterocycles. The van der Waals surface area contributed by atoms with Crippen molar-refractivity contribution in [3.63, 3.8) is 0 Å². The fourth-order valence-corrected chi connectivity index (χ4v) is 1.32. The van der Waals surface area contributed by atoms with Crippen molar-refractivity contribution in [2.75, 3.05) is 13.2 Å². The van der Waals surface area contributed by atoms with E-state index in [0.29, 0.717) is 11.1 Å². The first-order valence-corrected chi connectivity index (χ1v) is 5.31. The van der Waals surface area contributed by atoms with E-state index in [2.05, 4.69) is 10.0 Å². The Morgan fingerprint density at radius 3 is 2.72 bits per heavy atom. The fourth-order valence-electron chi connectivity index (χ4n) is 1.32. The average Bonchev–Trinajstić information content (AvgIpc) is 2.36. The molecule has 1 aromatic rings. The summed E-state index contributed by atoms with van der Waals surface area (Å²) >= 11 is 0. The number of carbonyl (C=O) groups excluding carboxylic acids is 1. The van der Waals surface area contributed by atoms with E-state index in [0.717, 1.165) is 0 Å². The maximum atomic E-state index is 12.8. The van der Waals surface area contributed by atoms with Crippen LogP contribution in [0, 0.1) is 5.82 Å². The van der Waals surface area contributed by atoms with Crippen molar-refractivity contribution in [1.82, 2.24) is 0 Å². The molecule has 0 fully saturated rings.